The molecule has 0 saturated heterocycles. The SMILES string of the molecule is CCOC(=O)C1=c2sc(=Cc3cccs3)c(=O)n2C(N)=C(C(=O)OC)[C@H]1c1cccs1. The molecular weight excluding hydrogens is 456 g/mol. The summed E-state index contributed by atoms with van der Waals surface area (Å²) in [6.45, 7) is 1.85. The zero-order valence-corrected chi connectivity index (χ0v) is 19.1. The number of nitrogens with two attached hydrogens (primary N) is 1. The molecule has 1 aliphatic heterocycles. The van der Waals surface area contributed by atoms with Crippen molar-refractivity contribution in [2.24, 2.45) is 5.73 Å². The fourth-order valence-corrected chi connectivity index (χ4v) is 6.14. The second-order valence-electron chi connectivity index (χ2n) is 6.44. The Hall–Kier alpha value is -2.95. The molecule has 2 N–H and O–H groups in total. The van der Waals surface area contributed by atoms with E-state index in [9.17, 15) is 14.4 Å². The van der Waals surface area contributed by atoms with Crippen LogP contribution in [0.5, 0.6) is 0 Å². The third-order valence-electron chi connectivity index (χ3n) is 4.69. The Balaban J connectivity index is 2.13. The van der Waals surface area contributed by atoms with E-state index in [1.54, 1.807) is 13.0 Å². The van der Waals surface area contributed by atoms with E-state index < -0.39 is 23.4 Å². The number of thiazole rings is 1. The lowest BCUT2D eigenvalue weighted by molar-refractivity contribution is -0.136. The number of carbonyl (C=O) groups is 2. The molecule has 1 aliphatic rings. The zero-order valence-electron chi connectivity index (χ0n) is 16.6. The third kappa shape index (κ3) is 3.67. The van der Waals surface area contributed by atoms with Crippen molar-refractivity contribution < 1.29 is 19.1 Å². The van der Waals surface area contributed by atoms with E-state index >= 15 is 0 Å². The van der Waals surface area contributed by atoms with Crippen molar-refractivity contribution in [1.29, 1.82) is 0 Å². The van der Waals surface area contributed by atoms with E-state index in [1.807, 2.05) is 35.0 Å². The predicted molar refractivity (Wildman–Crippen MR) is 122 cm³/mol. The molecule has 0 saturated carbocycles. The topological polar surface area (TPSA) is 101 Å². The van der Waals surface area contributed by atoms with Gasteiger partial charge < -0.3 is 15.2 Å². The number of hydrogen-bond acceptors (Lipinski definition) is 9. The summed E-state index contributed by atoms with van der Waals surface area (Å²) >= 11 is 4.01. The predicted octanol–water partition coefficient (Wildman–Crippen LogP) is 1.67. The first-order chi connectivity index (χ1) is 15.0. The number of rotatable bonds is 5. The highest BCUT2D eigenvalue weighted by Gasteiger charge is 2.40. The van der Waals surface area contributed by atoms with Crippen LogP contribution < -0.4 is 20.5 Å². The molecule has 4 rings (SSSR count). The Morgan fingerprint density at radius 3 is 2.52 bits per heavy atom. The Morgan fingerprint density at radius 2 is 1.90 bits per heavy atom. The Labute approximate surface area is 189 Å². The molecule has 1 atom stereocenters. The highest BCUT2D eigenvalue weighted by atomic mass is 32.1. The van der Waals surface area contributed by atoms with Crippen molar-refractivity contribution in [3.63, 3.8) is 0 Å². The molecule has 31 heavy (non-hydrogen) atoms. The lowest BCUT2D eigenvalue weighted by Crippen LogP contribution is -2.41. The fraction of sp³-hybridized carbons (Fsp3) is 0.190. The summed E-state index contributed by atoms with van der Waals surface area (Å²) < 4.78 is 12.3. The van der Waals surface area contributed by atoms with E-state index in [2.05, 4.69) is 0 Å². The third-order valence-corrected chi connectivity index (χ3v) is 7.56. The second kappa shape index (κ2) is 8.66. The van der Waals surface area contributed by atoms with Crippen molar-refractivity contribution in [2.75, 3.05) is 13.7 Å². The Morgan fingerprint density at radius 1 is 1.16 bits per heavy atom. The summed E-state index contributed by atoms with van der Waals surface area (Å²) in [5, 5.41) is 3.75. The molecule has 0 radical (unpaired) electrons. The number of thiophene rings is 2. The number of aromatic nitrogens is 1. The van der Waals surface area contributed by atoms with Gasteiger partial charge in [0.15, 0.2) is 0 Å². The van der Waals surface area contributed by atoms with Gasteiger partial charge in [-0.3, -0.25) is 9.36 Å². The van der Waals surface area contributed by atoms with Crippen molar-refractivity contribution in [1.82, 2.24) is 4.57 Å². The maximum absolute atomic E-state index is 13.2. The number of esters is 2. The van der Waals surface area contributed by atoms with Crippen molar-refractivity contribution in [3.8, 4) is 0 Å². The molecule has 0 aromatic carbocycles. The summed E-state index contributed by atoms with van der Waals surface area (Å²) in [6.07, 6.45) is 1.75. The monoisotopic (exact) mass is 474 g/mol. The van der Waals surface area contributed by atoms with Gasteiger partial charge in [0.05, 0.1) is 35.3 Å². The van der Waals surface area contributed by atoms with Crippen molar-refractivity contribution in [3.05, 3.63) is 69.9 Å². The largest absolute Gasteiger partial charge is 0.466 e. The maximum atomic E-state index is 13.2. The highest BCUT2D eigenvalue weighted by molar-refractivity contribution is 7.11. The van der Waals surface area contributed by atoms with Crippen LogP contribution in [0.15, 0.2) is 45.4 Å². The molecule has 0 spiro atoms. The maximum Gasteiger partial charge on any atom is 0.338 e. The summed E-state index contributed by atoms with van der Waals surface area (Å²) in [4.78, 5) is 40.7. The van der Waals surface area contributed by atoms with Crippen LogP contribution in [0.4, 0.5) is 0 Å². The van der Waals surface area contributed by atoms with Gasteiger partial charge in [-0.05, 0) is 35.9 Å². The number of carbonyl (C=O) groups excluding carboxylic acids is 2. The summed E-state index contributed by atoms with van der Waals surface area (Å²) in [5.74, 6) is -2.14. The van der Waals surface area contributed by atoms with Gasteiger partial charge in [-0.1, -0.05) is 12.1 Å². The van der Waals surface area contributed by atoms with Gasteiger partial charge in [-0.15, -0.1) is 34.0 Å². The van der Waals surface area contributed by atoms with Crippen LogP contribution >= 0.6 is 34.0 Å². The van der Waals surface area contributed by atoms with Crippen LogP contribution in [-0.2, 0) is 19.1 Å². The smallest absolute Gasteiger partial charge is 0.338 e. The number of nitrogens with zero attached hydrogens (tertiary/aromatic N) is 1. The average Bonchev–Trinajstić information content (AvgIpc) is 3.50. The number of ether oxygens (including phenoxy) is 2. The summed E-state index contributed by atoms with van der Waals surface area (Å²) in [6, 6.07) is 7.40. The highest BCUT2D eigenvalue weighted by Crippen LogP contribution is 2.39. The number of hydrogen-bond donors (Lipinski definition) is 1. The molecule has 3 aromatic heterocycles. The quantitative estimate of drug-likeness (QED) is 0.565. The van der Waals surface area contributed by atoms with Crippen LogP contribution in [0.3, 0.4) is 0 Å². The van der Waals surface area contributed by atoms with Gasteiger partial charge in [-0.2, -0.15) is 0 Å². The molecule has 4 heterocycles. The van der Waals surface area contributed by atoms with E-state index in [0.717, 1.165) is 21.1 Å². The van der Waals surface area contributed by atoms with Gasteiger partial charge in [-0.25, -0.2) is 9.59 Å². The lowest BCUT2D eigenvalue weighted by atomic mass is 9.88. The summed E-state index contributed by atoms with van der Waals surface area (Å²) in [5.41, 5.74) is 6.21. The molecule has 160 valence electrons. The molecule has 0 amide bonds. The first-order valence-electron chi connectivity index (χ1n) is 9.28. The lowest BCUT2D eigenvalue weighted by Gasteiger charge is -2.25. The first kappa shape index (κ1) is 21.3. The van der Waals surface area contributed by atoms with E-state index in [4.69, 9.17) is 15.2 Å². The normalized spacial score (nSPS) is 16.4. The number of methoxy groups -OCH3 is 1. The fourth-order valence-electron chi connectivity index (χ4n) is 3.41. The molecule has 3 aromatic rings. The van der Waals surface area contributed by atoms with Gasteiger partial charge in [0.25, 0.3) is 5.56 Å². The molecular formula is C21H18N2O5S3. The van der Waals surface area contributed by atoms with Gasteiger partial charge in [0, 0.05) is 9.75 Å². The van der Waals surface area contributed by atoms with Gasteiger partial charge >= 0.3 is 11.9 Å². The van der Waals surface area contributed by atoms with Crippen LogP contribution in [-0.4, -0.2) is 30.2 Å². The van der Waals surface area contributed by atoms with E-state index in [0.29, 0.717) is 9.20 Å². The van der Waals surface area contributed by atoms with Crippen LogP contribution in [0.25, 0.3) is 17.5 Å². The van der Waals surface area contributed by atoms with Crippen LogP contribution in [0, 0.1) is 0 Å². The Bertz CT molecular complexity index is 1340. The van der Waals surface area contributed by atoms with Crippen molar-refractivity contribution in [2.45, 2.75) is 12.8 Å². The van der Waals surface area contributed by atoms with Crippen LogP contribution in [0.1, 0.15) is 22.6 Å². The minimum Gasteiger partial charge on any atom is -0.466 e. The molecule has 0 fully saturated rings. The van der Waals surface area contributed by atoms with Gasteiger partial charge in [0.1, 0.15) is 10.5 Å². The Kier molecular flexibility index (Phi) is 5.94. The molecule has 7 nitrogen and oxygen atoms in total. The number of fused-ring (bicyclic) bond motifs is 1. The van der Waals surface area contributed by atoms with E-state index in [-0.39, 0.29) is 23.6 Å². The van der Waals surface area contributed by atoms with Gasteiger partial charge in [0.2, 0.25) is 0 Å². The zero-order chi connectivity index (χ0) is 22.1. The molecule has 0 bridgehead atoms. The molecule has 0 aliphatic carbocycles. The standard InChI is InChI=1S/C21H18N2O5S3/c1-3-28-21(26)16-14(12-7-5-9-30-12)15(20(25)27-2)17(22)23-18(24)13(31-19(16)23)10-11-6-4-8-29-11/h4-10,14H,3,22H2,1-2H3/t14-/m1/s1. The minimum atomic E-state index is -0.792. The molecule has 0 unspecified atom stereocenters. The molecule has 10 heteroatoms. The first-order valence-corrected chi connectivity index (χ1v) is 11.9. The van der Waals surface area contributed by atoms with Crippen molar-refractivity contribution >= 4 is 63.4 Å². The van der Waals surface area contributed by atoms with E-state index in [1.165, 1.54) is 34.4 Å². The minimum absolute atomic E-state index is 0.0413. The average molecular weight is 475 g/mol. The summed E-state index contributed by atoms with van der Waals surface area (Å²) in [7, 11) is 1.24. The second-order valence-corrected chi connectivity index (χ2v) is 9.43. The van der Waals surface area contributed by atoms with Crippen LogP contribution in [0.2, 0.25) is 0 Å².